The summed E-state index contributed by atoms with van der Waals surface area (Å²) >= 11 is 1.87. The van der Waals surface area contributed by atoms with Gasteiger partial charge in [0.2, 0.25) is 0 Å². The van der Waals surface area contributed by atoms with E-state index in [9.17, 15) is 0 Å². The topological polar surface area (TPSA) is 12.9 Å². The van der Waals surface area contributed by atoms with Gasteiger partial charge in [-0.3, -0.25) is 4.98 Å². The zero-order chi connectivity index (χ0) is 14.4. The van der Waals surface area contributed by atoms with Crippen LogP contribution < -0.4 is 0 Å². The van der Waals surface area contributed by atoms with Crippen molar-refractivity contribution in [1.29, 1.82) is 0 Å². The highest BCUT2D eigenvalue weighted by atomic mass is 32.1. The predicted octanol–water partition coefficient (Wildman–Crippen LogP) is 5.73. The molecule has 0 aliphatic carbocycles. The van der Waals surface area contributed by atoms with Gasteiger partial charge in [0.15, 0.2) is 0 Å². The number of rotatable bonds is 1. The van der Waals surface area contributed by atoms with Crippen LogP contribution >= 0.6 is 11.3 Å². The Kier molecular flexibility index (Phi) is 2.79. The van der Waals surface area contributed by atoms with E-state index in [1.165, 1.54) is 36.9 Å². The van der Waals surface area contributed by atoms with Crippen molar-refractivity contribution in [1.82, 2.24) is 4.98 Å². The van der Waals surface area contributed by atoms with Crippen LogP contribution in [0, 0.1) is 13.8 Å². The molecule has 0 spiro atoms. The first-order valence-corrected chi connectivity index (χ1v) is 7.89. The summed E-state index contributed by atoms with van der Waals surface area (Å²) in [5, 5.41) is 2.68. The molecule has 2 heteroatoms. The first-order chi connectivity index (χ1) is 10.2. The fourth-order valence-electron chi connectivity index (χ4n) is 2.83. The zero-order valence-corrected chi connectivity index (χ0v) is 12.9. The molecule has 0 aliphatic rings. The summed E-state index contributed by atoms with van der Waals surface area (Å²) in [6.07, 6.45) is 1.86. The fourth-order valence-corrected chi connectivity index (χ4v) is 4.11. The number of fused-ring (bicyclic) bond motifs is 3. The maximum absolute atomic E-state index is 4.50. The summed E-state index contributed by atoms with van der Waals surface area (Å²) in [6, 6.07) is 17.4. The minimum atomic E-state index is 1.04. The summed E-state index contributed by atoms with van der Waals surface area (Å²) < 4.78 is 2.72. The summed E-state index contributed by atoms with van der Waals surface area (Å²) in [6.45, 7) is 4.31. The molecule has 0 aliphatic heterocycles. The van der Waals surface area contributed by atoms with Crippen molar-refractivity contribution >= 4 is 31.5 Å². The zero-order valence-electron chi connectivity index (χ0n) is 12.1. The predicted molar refractivity (Wildman–Crippen MR) is 92.0 cm³/mol. The molecule has 21 heavy (non-hydrogen) atoms. The van der Waals surface area contributed by atoms with Crippen LogP contribution in [0.2, 0.25) is 0 Å². The molecule has 4 rings (SSSR count). The summed E-state index contributed by atoms with van der Waals surface area (Å²) in [5.74, 6) is 0. The Balaban J connectivity index is 2.06. The van der Waals surface area contributed by atoms with E-state index in [0.717, 1.165) is 5.69 Å². The van der Waals surface area contributed by atoms with Gasteiger partial charge >= 0.3 is 0 Å². The number of aromatic nitrogens is 1. The van der Waals surface area contributed by atoms with Crippen LogP contribution in [0.3, 0.4) is 0 Å². The molecule has 0 atom stereocenters. The van der Waals surface area contributed by atoms with Gasteiger partial charge in [-0.25, -0.2) is 0 Å². The number of aryl methyl sites for hydroxylation is 2. The van der Waals surface area contributed by atoms with Gasteiger partial charge in [-0.2, -0.15) is 0 Å². The summed E-state index contributed by atoms with van der Waals surface area (Å²) in [7, 11) is 0. The molecule has 102 valence electrons. The van der Waals surface area contributed by atoms with E-state index in [1.807, 2.05) is 29.7 Å². The van der Waals surface area contributed by atoms with E-state index < -0.39 is 0 Å². The fraction of sp³-hybridized carbons (Fsp3) is 0.105. The smallest absolute Gasteiger partial charge is 0.0704 e. The van der Waals surface area contributed by atoms with Crippen LogP contribution in [0.5, 0.6) is 0 Å². The van der Waals surface area contributed by atoms with E-state index in [0.29, 0.717) is 0 Å². The van der Waals surface area contributed by atoms with Crippen LogP contribution in [-0.4, -0.2) is 4.98 Å². The molecular formula is C19H15NS. The van der Waals surface area contributed by atoms with Gasteiger partial charge in [-0.15, -0.1) is 11.3 Å². The molecule has 0 radical (unpaired) electrons. The first-order valence-electron chi connectivity index (χ1n) is 7.07. The number of thiophene rings is 1. The minimum absolute atomic E-state index is 1.04. The van der Waals surface area contributed by atoms with E-state index >= 15 is 0 Å². The lowest BCUT2D eigenvalue weighted by atomic mass is 10.0. The molecule has 0 fully saturated rings. The quantitative estimate of drug-likeness (QED) is 0.436. The molecule has 2 aromatic carbocycles. The van der Waals surface area contributed by atoms with Gasteiger partial charge in [0.05, 0.1) is 5.69 Å². The first kappa shape index (κ1) is 12.5. The van der Waals surface area contributed by atoms with Crippen LogP contribution in [0.25, 0.3) is 31.4 Å². The van der Waals surface area contributed by atoms with Crippen LogP contribution in [0.15, 0.2) is 54.7 Å². The SMILES string of the molecule is Cc1ccc2c(c1)sc1cc(C)c(-c3ccccn3)cc12. The average molecular weight is 289 g/mol. The molecule has 2 aromatic heterocycles. The van der Waals surface area contributed by atoms with Crippen LogP contribution in [0.4, 0.5) is 0 Å². The lowest BCUT2D eigenvalue weighted by Crippen LogP contribution is -1.86. The highest BCUT2D eigenvalue weighted by Crippen LogP contribution is 2.37. The van der Waals surface area contributed by atoms with Gasteiger partial charge in [0, 0.05) is 31.9 Å². The third kappa shape index (κ3) is 2.03. The Morgan fingerprint density at radius 2 is 1.71 bits per heavy atom. The van der Waals surface area contributed by atoms with Crippen LogP contribution in [0.1, 0.15) is 11.1 Å². The van der Waals surface area contributed by atoms with Crippen molar-refractivity contribution in [3.8, 4) is 11.3 Å². The Bertz CT molecular complexity index is 952. The second-order valence-electron chi connectivity index (χ2n) is 5.48. The van der Waals surface area contributed by atoms with Crippen molar-refractivity contribution in [2.24, 2.45) is 0 Å². The van der Waals surface area contributed by atoms with Gasteiger partial charge in [0.25, 0.3) is 0 Å². The third-order valence-corrected chi connectivity index (χ3v) is 5.03. The highest BCUT2D eigenvalue weighted by Gasteiger charge is 2.10. The summed E-state index contributed by atoms with van der Waals surface area (Å²) in [5.41, 5.74) is 4.87. The molecule has 1 nitrogen and oxygen atoms in total. The van der Waals surface area contributed by atoms with E-state index in [1.54, 1.807) is 0 Å². The molecule has 0 amide bonds. The number of hydrogen-bond acceptors (Lipinski definition) is 2. The average Bonchev–Trinajstić information content (AvgIpc) is 2.83. The van der Waals surface area contributed by atoms with Crippen molar-refractivity contribution in [2.45, 2.75) is 13.8 Å². The van der Waals surface area contributed by atoms with Crippen molar-refractivity contribution < 1.29 is 0 Å². The molecule has 2 heterocycles. The summed E-state index contributed by atoms with van der Waals surface area (Å²) in [4.78, 5) is 4.50. The van der Waals surface area contributed by atoms with Gasteiger partial charge < -0.3 is 0 Å². The van der Waals surface area contributed by atoms with Crippen molar-refractivity contribution in [3.05, 3.63) is 65.9 Å². The minimum Gasteiger partial charge on any atom is -0.256 e. The van der Waals surface area contributed by atoms with Crippen molar-refractivity contribution in [3.63, 3.8) is 0 Å². The number of nitrogens with zero attached hydrogens (tertiary/aromatic N) is 1. The Labute approximate surface area is 127 Å². The lowest BCUT2D eigenvalue weighted by molar-refractivity contribution is 1.31. The Morgan fingerprint density at radius 3 is 2.52 bits per heavy atom. The molecule has 0 N–H and O–H groups in total. The molecule has 0 unspecified atom stereocenters. The Morgan fingerprint density at radius 1 is 0.857 bits per heavy atom. The molecule has 0 bridgehead atoms. The van der Waals surface area contributed by atoms with E-state index in [-0.39, 0.29) is 0 Å². The number of pyridine rings is 1. The monoisotopic (exact) mass is 289 g/mol. The normalized spacial score (nSPS) is 11.3. The van der Waals surface area contributed by atoms with Crippen molar-refractivity contribution in [2.75, 3.05) is 0 Å². The lowest BCUT2D eigenvalue weighted by Gasteiger charge is -2.05. The standard InChI is InChI=1S/C19H15NS/c1-12-6-7-14-16-11-15(17-5-3-4-8-20-17)13(2)10-19(16)21-18(14)9-12/h3-11H,1-2H3. The number of benzene rings is 2. The van der Waals surface area contributed by atoms with Crippen LogP contribution in [-0.2, 0) is 0 Å². The maximum atomic E-state index is 4.50. The molecular weight excluding hydrogens is 274 g/mol. The largest absolute Gasteiger partial charge is 0.256 e. The highest BCUT2D eigenvalue weighted by molar-refractivity contribution is 7.25. The third-order valence-electron chi connectivity index (χ3n) is 3.91. The molecule has 0 saturated carbocycles. The van der Waals surface area contributed by atoms with Gasteiger partial charge in [-0.05, 0) is 55.3 Å². The number of hydrogen-bond donors (Lipinski definition) is 0. The second kappa shape index (κ2) is 4.68. The Hall–Kier alpha value is -2.19. The molecule has 0 saturated heterocycles. The van der Waals surface area contributed by atoms with E-state index in [2.05, 4.69) is 55.2 Å². The second-order valence-corrected chi connectivity index (χ2v) is 6.56. The van der Waals surface area contributed by atoms with Gasteiger partial charge in [0.1, 0.15) is 0 Å². The molecule has 4 aromatic rings. The van der Waals surface area contributed by atoms with Gasteiger partial charge in [-0.1, -0.05) is 18.2 Å². The maximum Gasteiger partial charge on any atom is 0.0704 e. The van der Waals surface area contributed by atoms with E-state index in [4.69, 9.17) is 0 Å².